The van der Waals surface area contributed by atoms with Gasteiger partial charge in [0.05, 0.1) is 18.7 Å². The molecule has 2 aliphatic carbocycles. The lowest BCUT2D eigenvalue weighted by Gasteiger charge is -2.45. The van der Waals surface area contributed by atoms with Crippen molar-refractivity contribution >= 4 is 11.8 Å². The van der Waals surface area contributed by atoms with Gasteiger partial charge in [-0.05, 0) is 37.7 Å². The SMILES string of the molecule is C[C@@H](NC(=O)c1cn2c(c(O)c1=O)C(=O)N1[C@H](C2)OC2C[C@@H]1[C@H]1C[C@@H]21)c1ccc(F)cc1F. The number of amides is 2. The quantitative estimate of drug-likeness (QED) is 0.734. The van der Waals surface area contributed by atoms with Crippen LogP contribution in [0, 0.1) is 23.5 Å². The molecule has 2 aliphatic heterocycles. The second-order valence-electron chi connectivity index (χ2n) is 9.29. The molecule has 6 rings (SSSR count). The molecule has 0 radical (unpaired) electrons. The predicted octanol–water partition coefficient (Wildman–Crippen LogP) is 1.91. The van der Waals surface area contributed by atoms with Crippen LogP contribution in [-0.2, 0) is 11.3 Å². The van der Waals surface area contributed by atoms with Crippen LogP contribution in [-0.4, -0.2) is 44.8 Å². The van der Waals surface area contributed by atoms with Crippen LogP contribution in [0.4, 0.5) is 8.78 Å². The van der Waals surface area contributed by atoms with Gasteiger partial charge < -0.3 is 24.6 Å². The summed E-state index contributed by atoms with van der Waals surface area (Å²) in [5.74, 6) is -2.84. The van der Waals surface area contributed by atoms with Crippen molar-refractivity contribution in [3.63, 3.8) is 0 Å². The molecule has 2 N–H and O–H groups in total. The van der Waals surface area contributed by atoms with Crippen LogP contribution in [0.1, 0.15) is 52.2 Å². The summed E-state index contributed by atoms with van der Waals surface area (Å²) in [6, 6.07) is 2.15. The Kier molecular flexibility index (Phi) is 4.23. The molecule has 2 aromatic rings. The molecule has 4 aliphatic rings. The molecular formula is C23H21F2N3O5. The molecule has 0 spiro atoms. The normalized spacial score (nSPS) is 29.7. The number of nitrogens with zero attached hydrogens (tertiary/aromatic N) is 2. The fourth-order valence-corrected chi connectivity index (χ4v) is 5.74. The number of carbonyl (C=O) groups excluding carboxylic acids is 2. The highest BCUT2D eigenvalue weighted by molar-refractivity contribution is 5.99. The van der Waals surface area contributed by atoms with Gasteiger partial charge in [-0.2, -0.15) is 0 Å². The molecule has 172 valence electrons. The Morgan fingerprint density at radius 3 is 2.79 bits per heavy atom. The first-order chi connectivity index (χ1) is 15.7. The number of nitrogens with one attached hydrogen (secondary N) is 1. The number of rotatable bonds is 3. The Hall–Kier alpha value is -3.27. The topological polar surface area (TPSA) is 101 Å². The number of benzene rings is 1. The van der Waals surface area contributed by atoms with Crippen LogP contribution in [0.25, 0.3) is 0 Å². The Morgan fingerprint density at radius 2 is 2.03 bits per heavy atom. The number of ether oxygens (including phenoxy) is 1. The molecule has 33 heavy (non-hydrogen) atoms. The minimum atomic E-state index is -0.983. The Labute approximate surface area is 186 Å². The van der Waals surface area contributed by atoms with Crippen molar-refractivity contribution in [2.75, 3.05) is 0 Å². The van der Waals surface area contributed by atoms with Gasteiger partial charge in [0.15, 0.2) is 17.7 Å². The molecule has 6 atom stereocenters. The molecule has 2 saturated carbocycles. The minimum Gasteiger partial charge on any atom is -0.503 e. The fourth-order valence-electron chi connectivity index (χ4n) is 5.74. The van der Waals surface area contributed by atoms with Crippen LogP contribution >= 0.6 is 0 Å². The molecule has 1 saturated heterocycles. The van der Waals surface area contributed by atoms with Gasteiger partial charge in [0.1, 0.15) is 17.2 Å². The standard InChI is InChI=1S/C23H21F2N3O5/c1-9(11-3-2-10(24)4-15(11)25)26-22(31)14-7-27-8-18-28(23(32)19(27)21(30)20(14)29)16-6-17(33-18)13-5-12(13)16/h2-4,7,9,12-13,16-18,30H,5-6,8H2,1H3,(H,26,31)/t9-,12+,13-,16-,17?,18+/m1/s1. The third kappa shape index (κ3) is 2.93. The molecule has 3 heterocycles. The van der Waals surface area contributed by atoms with E-state index in [4.69, 9.17) is 4.74 Å². The van der Waals surface area contributed by atoms with Gasteiger partial charge in [-0.25, -0.2) is 8.78 Å². The molecular weight excluding hydrogens is 436 g/mol. The van der Waals surface area contributed by atoms with Crippen molar-refractivity contribution in [2.45, 2.75) is 50.7 Å². The van der Waals surface area contributed by atoms with Gasteiger partial charge in [-0.15, -0.1) is 0 Å². The molecule has 2 bridgehead atoms. The zero-order valence-corrected chi connectivity index (χ0v) is 17.6. The summed E-state index contributed by atoms with van der Waals surface area (Å²) in [5, 5.41) is 13.1. The van der Waals surface area contributed by atoms with Crippen LogP contribution in [0.15, 0.2) is 29.2 Å². The number of pyridine rings is 1. The van der Waals surface area contributed by atoms with E-state index in [0.717, 1.165) is 18.9 Å². The van der Waals surface area contributed by atoms with E-state index in [0.29, 0.717) is 17.9 Å². The van der Waals surface area contributed by atoms with E-state index in [9.17, 15) is 28.3 Å². The van der Waals surface area contributed by atoms with Crippen molar-refractivity contribution in [1.82, 2.24) is 14.8 Å². The summed E-state index contributed by atoms with van der Waals surface area (Å²) in [7, 11) is 0. The first-order valence-corrected chi connectivity index (χ1v) is 10.9. The number of hydrogen-bond donors (Lipinski definition) is 2. The average Bonchev–Trinajstić information content (AvgIpc) is 3.51. The second-order valence-corrected chi connectivity index (χ2v) is 9.29. The summed E-state index contributed by atoms with van der Waals surface area (Å²) in [6.45, 7) is 1.67. The highest BCUT2D eigenvalue weighted by Gasteiger charge is 2.63. The van der Waals surface area contributed by atoms with Gasteiger partial charge in [0.25, 0.3) is 11.8 Å². The minimum absolute atomic E-state index is 0.0440. The number of fused-ring (bicyclic) bond motifs is 8. The van der Waals surface area contributed by atoms with E-state index in [1.54, 1.807) is 4.90 Å². The predicted molar refractivity (Wildman–Crippen MR) is 109 cm³/mol. The monoisotopic (exact) mass is 457 g/mol. The number of carbonyl (C=O) groups is 2. The maximum absolute atomic E-state index is 14.1. The number of halogens is 2. The van der Waals surface area contributed by atoms with Crippen molar-refractivity contribution < 1.29 is 28.2 Å². The van der Waals surface area contributed by atoms with Crippen LogP contribution < -0.4 is 10.7 Å². The first-order valence-electron chi connectivity index (χ1n) is 10.9. The summed E-state index contributed by atoms with van der Waals surface area (Å²) < 4.78 is 34.8. The number of hydrogen-bond acceptors (Lipinski definition) is 5. The molecule has 1 aromatic carbocycles. The summed E-state index contributed by atoms with van der Waals surface area (Å²) >= 11 is 0. The lowest BCUT2D eigenvalue weighted by atomic mass is 10.0. The number of aromatic hydroxyl groups is 1. The summed E-state index contributed by atoms with van der Waals surface area (Å²) in [5.41, 5.74) is -1.48. The Balaban J connectivity index is 1.31. The fraction of sp³-hybridized carbons (Fsp3) is 0.435. The van der Waals surface area contributed by atoms with Crippen molar-refractivity contribution in [1.29, 1.82) is 0 Å². The highest BCUT2D eigenvalue weighted by atomic mass is 19.1. The molecule has 8 nitrogen and oxygen atoms in total. The number of aromatic nitrogens is 1. The first kappa shape index (κ1) is 20.3. The van der Waals surface area contributed by atoms with Crippen LogP contribution in [0.5, 0.6) is 5.75 Å². The zero-order valence-electron chi connectivity index (χ0n) is 17.6. The van der Waals surface area contributed by atoms with Crippen molar-refractivity contribution in [3.05, 3.63) is 63.1 Å². The average molecular weight is 457 g/mol. The highest BCUT2D eigenvalue weighted by Crippen LogP contribution is 2.58. The smallest absolute Gasteiger partial charge is 0.276 e. The lowest BCUT2D eigenvalue weighted by molar-refractivity contribution is -0.144. The van der Waals surface area contributed by atoms with E-state index in [1.807, 2.05) is 0 Å². The van der Waals surface area contributed by atoms with Crippen molar-refractivity contribution in [2.24, 2.45) is 11.8 Å². The van der Waals surface area contributed by atoms with Gasteiger partial charge in [0.2, 0.25) is 5.43 Å². The lowest BCUT2D eigenvalue weighted by Crippen LogP contribution is -2.58. The van der Waals surface area contributed by atoms with E-state index in [1.165, 1.54) is 23.8 Å². The maximum atomic E-state index is 14.1. The largest absolute Gasteiger partial charge is 0.503 e. The van der Waals surface area contributed by atoms with E-state index < -0.39 is 46.9 Å². The summed E-state index contributed by atoms with van der Waals surface area (Å²) in [6.07, 6.45) is 2.61. The Morgan fingerprint density at radius 1 is 1.24 bits per heavy atom. The van der Waals surface area contributed by atoms with Crippen molar-refractivity contribution in [3.8, 4) is 5.75 Å². The molecule has 3 fully saturated rings. The Bertz CT molecular complexity index is 1280. The molecule has 1 unspecified atom stereocenters. The van der Waals surface area contributed by atoms with E-state index >= 15 is 0 Å². The maximum Gasteiger partial charge on any atom is 0.276 e. The molecule has 2 amide bonds. The van der Waals surface area contributed by atoms with Crippen LogP contribution in [0.2, 0.25) is 0 Å². The van der Waals surface area contributed by atoms with E-state index in [-0.39, 0.29) is 35.5 Å². The summed E-state index contributed by atoms with van der Waals surface area (Å²) in [4.78, 5) is 40.5. The second kappa shape index (κ2) is 6.86. The molecule has 1 aromatic heterocycles. The zero-order chi connectivity index (χ0) is 23.2. The van der Waals surface area contributed by atoms with Gasteiger partial charge >= 0.3 is 0 Å². The third-order valence-electron chi connectivity index (χ3n) is 7.40. The van der Waals surface area contributed by atoms with Gasteiger partial charge in [0, 0.05) is 23.9 Å². The van der Waals surface area contributed by atoms with Gasteiger partial charge in [-0.3, -0.25) is 14.4 Å². The molecule has 10 heteroatoms. The van der Waals surface area contributed by atoms with E-state index in [2.05, 4.69) is 5.32 Å². The third-order valence-corrected chi connectivity index (χ3v) is 7.40. The van der Waals surface area contributed by atoms with Crippen LogP contribution in [0.3, 0.4) is 0 Å². The van der Waals surface area contributed by atoms with Gasteiger partial charge in [-0.1, -0.05) is 6.07 Å².